The Morgan fingerprint density at radius 2 is 2.05 bits per heavy atom. The number of esters is 1. The lowest BCUT2D eigenvalue weighted by Gasteiger charge is -2.31. The predicted molar refractivity (Wildman–Crippen MR) is 145 cm³/mol. The SMILES string of the molecule is CC[C@@]1(O)C(=O)OCc2c1cc1n(c2=O)Cc2c-1nc1ccccc1c2/C=N\NC(=O)C(N)CC(C)C.Cl. The summed E-state index contributed by atoms with van der Waals surface area (Å²) in [6, 6.07) is 8.48. The van der Waals surface area contributed by atoms with E-state index in [0.29, 0.717) is 28.9 Å². The summed E-state index contributed by atoms with van der Waals surface area (Å²) in [4.78, 5) is 43.1. The Labute approximate surface area is 225 Å². The second-order valence-electron chi connectivity index (χ2n) is 9.94. The summed E-state index contributed by atoms with van der Waals surface area (Å²) in [5.74, 6) is -0.878. The number of pyridine rings is 2. The van der Waals surface area contributed by atoms with Gasteiger partial charge < -0.3 is 20.1 Å². The number of hydrazone groups is 1. The van der Waals surface area contributed by atoms with Crippen molar-refractivity contribution < 1.29 is 19.4 Å². The van der Waals surface area contributed by atoms with Gasteiger partial charge in [0, 0.05) is 22.1 Å². The maximum absolute atomic E-state index is 13.5. The van der Waals surface area contributed by atoms with Crippen molar-refractivity contribution >= 4 is 41.4 Å². The zero-order chi connectivity index (χ0) is 26.5. The highest BCUT2D eigenvalue weighted by Crippen LogP contribution is 2.39. The van der Waals surface area contributed by atoms with E-state index in [0.717, 1.165) is 10.9 Å². The lowest BCUT2D eigenvalue weighted by molar-refractivity contribution is -0.172. The van der Waals surface area contributed by atoms with E-state index in [4.69, 9.17) is 15.5 Å². The highest BCUT2D eigenvalue weighted by molar-refractivity contribution is 6.02. The van der Waals surface area contributed by atoms with Crippen LogP contribution in [0.3, 0.4) is 0 Å². The number of carbonyl (C=O) groups is 2. The van der Waals surface area contributed by atoms with Gasteiger partial charge in [-0.2, -0.15) is 5.10 Å². The molecular weight excluding hydrogens is 510 g/mol. The zero-order valence-electron chi connectivity index (χ0n) is 21.4. The molecule has 1 unspecified atom stereocenters. The van der Waals surface area contributed by atoms with Crippen LogP contribution in [0.5, 0.6) is 0 Å². The Bertz CT molecular complexity index is 1530. The van der Waals surface area contributed by atoms with Crippen molar-refractivity contribution in [3.63, 3.8) is 0 Å². The number of fused-ring (bicyclic) bond motifs is 5. The smallest absolute Gasteiger partial charge is 0.343 e. The largest absolute Gasteiger partial charge is 0.458 e. The quantitative estimate of drug-likeness (QED) is 0.193. The monoisotopic (exact) mass is 539 g/mol. The van der Waals surface area contributed by atoms with Crippen LogP contribution in [0.25, 0.3) is 22.3 Å². The molecule has 0 saturated heterocycles. The van der Waals surface area contributed by atoms with Gasteiger partial charge in [-0.05, 0) is 30.9 Å². The van der Waals surface area contributed by atoms with Gasteiger partial charge in [0.25, 0.3) is 11.5 Å². The maximum atomic E-state index is 13.5. The van der Waals surface area contributed by atoms with Gasteiger partial charge in [-0.25, -0.2) is 15.2 Å². The molecule has 1 amide bonds. The Kier molecular flexibility index (Phi) is 7.42. The van der Waals surface area contributed by atoms with E-state index < -0.39 is 17.6 Å². The van der Waals surface area contributed by atoms with E-state index >= 15 is 0 Å². The molecule has 4 N–H and O–H groups in total. The standard InChI is InChI=1S/C27H29N5O5.ClH/c1-4-27(36)19-10-22-23-17(12-32(22)25(34)18(19)13-37-26(27)35)16(15-7-5-6-8-21(15)30-23)11-29-31-24(33)20(28)9-14(2)3;/h5-8,10-11,14,20,36H,4,9,12-13,28H2,1-3H3,(H,31,33);1H/b29-11-;/t20?,27-;/m0./s1. The molecule has 200 valence electrons. The first-order valence-corrected chi connectivity index (χ1v) is 12.3. The van der Waals surface area contributed by atoms with Gasteiger partial charge in [-0.15, -0.1) is 12.4 Å². The number of aromatic nitrogens is 2. The third kappa shape index (κ3) is 4.38. The highest BCUT2D eigenvalue weighted by Gasteiger charge is 2.45. The summed E-state index contributed by atoms with van der Waals surface area (Å²) in [5, 5.41) is 16.1. The number of nitrogens with zero attached hydrogens (tertiary/aromatic N) is 3. The predicted octanol–water partition coefficient (Wildman–Crippen LogP) is 2.32. The number of halogens is 1. The van der Waals surface area contributed by atoms with Crippen LogP contribution >= 0.6 is 12.4 Å². The topological polar surface area (TPSA) is 149 Å². The first-order valence-electron chi connectivity index (χ1n) is 12.3. The van der Waals surface area contributed by atoms with Gasteiger partial charge in [-0.1, -0.05) is 39.0 Å². The van der Waals surface area contributed by atoms with Crippen LogP contribution in [-0.4, -0.2) is 38.8 Å². The number of hydrogen-bond acceptors (Lipinski definition) is 8. The number of benzene rings is 1. The number of nitrogens with one attached hydrogen (secondary N) is 1. The maximum Gasteiger partial charge on any atom is 0.343 e. The molecule has 4 heterocycles. The third-order valence-corrected chi connectivity index (χ3v) is 7.07. The number of nitrogens with two attached hydrogens (primary N) is 1. The van der Waals surface area contributed by atoms with Gasteiger partial charge in [-0.3, -0.25) is 9.59 Å². The number of cyclic esters (lactones) is 1. The lowest BCUT2D eigenvalue weighted by Crippen LogP contribution is -2.44. The number of aliphatic hydroxyl groups is 1. The van der Waals surface area contributed by atoms with Crippen molar-refractivity contribution in [2.24, 2.45) is 16.8 Å². The van der Waals surface area contributed by atoms with Gasteiger partial charge >= 0.3 is 5.97 Å². The summed E-state index contributed by atoms with van der Waals surface area (Å²) in [7, 11) is 0. The first kappa shape index (κ1) is 27.4. The molecule has 10 nitrogen and oxygen atoms in total. The molecule has 5 rings (SSSR count). The Hall–Kier alpha value is -3.60. The fraction of sp³-hybridized carbons (Fsp3) is 0.370. The second-order valence-corrected chi connectivity index (χ2v) is 9.94. The summed E-state index contributed by atoms with van der Waals surface area (Å²) >= 11 is 0. The number of rotatable bonds is 6. The fourth-order valence-electron chi connectivity index (χ4n) is 5.07. The van der Waals surface area contributed by atoms with Crippen LogP contribution in [0.1, 0.15) is 55.9 Å². The van der Waals surface area contributed by atoms with Crippen molar-refractivity contribution in [1.82, 2.24) is 15.0 Å². The third-order valence-electron chi connectivity index (χ3n) is 7.07. The molecule has 2 aromatic heterocycles. The number of hydrogen-bond donors (Lipinski definition) is 3. The average molecular weight is 540 g/mol. The van der Waals surface area contributed by atoms with E-state index in [1.54, 1.807) is 23.8 Å². The minimum Gasteiger partial charge on any atom is -0.458 e. The summed E-state index contributed by atoms with van der Waals surface area (Å²) in [6.45, 7) is 5.66. The van der Waals surface area contributed by atoms with Crippen LogP contribution in [-0.2, 0) is 33.1 Å². The molecule has 0 bridgehead atoms. The molecule has 2 aliphatic rings. The summed E-state index contributed by atoms with van der Waals surface area (Å²) < 4.78 is 6.71. The van der Waals surface area contributed by atoms with Gasteiger partial charge in [0.15, 0.2) is 5.60 Å². The van der Waals surface area contributed by atoms with Crippen LogP contribution < -0.4 is 16.7 Å². The lowest BCUT2D eigenvalue weighted by atomic mass is 9.86. The van der Waals surface area contributed by atoms with Crippen molar-refractivity contribution in [2.75, 3.05) is 0 Å². The molecule has 1 aromatic carbocycles. The van der Waals surface area contributed by atoms with E-state index in [2.05, 4.69) is 10.5 Å². The molecule has 0 aliphatic carbocycles. The molecule has 0 radical (unpaired) electrons. The minimum absolute atomic E-state index is 0. The highest BCUT2D eigenvalue weighted by atomic mass is 35.5. The molecule has 0 spiro atoms. The fourth-order valence-corrected chi connectivity index (χ4v) is 5.07. The van der Waals surface area contributed by atoms with E-state index in [-0.39, 0.29) is 60.5 Å². The second kappa shape index (κ2) is 10.3. The van der Waals surface area contributed by atoms with Gasteiger partial charge in [0.05, 0.1) is 41.3 Å². The van der Waals surface area contributed by atoms with Crippen LogP contribution in [0.15, 0.2) is 40.2 Å². The Morgan fingerprint density at radius 1 is 1.32 bits per heavy atom. The van der Waals surface area contributed by atoms with E-state index in [1.165, 1.54) is 0 Å². The van der Waals surface area contributed by atoms with Gasteiger partial charge in [0.2, 0.25) is 0 Å². The number of carbonyl (C=O) groups excluding carboxylic acids is 2. The van der Waals surface area contributed by atoms with Crippen molar-refractivity contribution in [3.8, 4) is 11.4 Å². The first-order chi connectivity index (χ1) is 17.7. The van der Waals surface area contributed by atoms with Crippen molar-refractivity contribution in [3.05, 3.63) is 62.9 Å². The van der Waals surface area contributed by atoms with Crippen molar-refractivity contribution in [1.29, 1.82) is 0 Å². The normalized spacial score (nSPS) is 18.5. The molecule has 11 heteroatoms. The van der Waals surface area contributed by atoms with E-state index in [9.17, 15) is 19.5 Å². The molecule has 38 heavy (non-hydrogen) atoms. The molecule has 0 saturated carbocycles. The van der Waals surface area contributed by atoms with Gasteiger partial charge in [0.1, 0.15) is 6.61 Å². The molecule has 2 aliphatic heterocycles. The molecule has 3 aromatic rings. The average Bonchev–Trinajstić information content (AvgIpc) is 3.24. The summed E-state index contributed by atoms with van der Waals surface area (Å²) in [6.07, 6.45) is 2.15. The molecular formula is C27H30ClN5O5. The molecule has 2 atom stereocenters. The zero-order valence-corrected chi connectivity index (χ0v) is 22.2. The number of amides is 1. The van der Waals surface area contributed by atoms with Crippen molar-refractivity contribution in [2.45, 2.75) is 58.4 Å². The van der Waals surface area contributed by atoms with Crippen LogP contribution in [0.4, 0.5) is 0 Å². The Morgan fingerprint density at radius 3 is 2.76 bits per heavy atom. The minimum atomic E-state index is -1.90. The number of ether oxygens (including phenoxy) is 1. The molecule has 0 fully saturated rings. The van der Waals surface area contributed by atoms with Crippen LogP contribution in [0, 0.1) is 5.92 Å². The van der Waals surface area contributed by atoms with Crippen LogP contribution in [0.2, 0.25) is 0 Å². The summed E-state index contributed by atoms with van der Waals surface area (Å²) in [5.41, 5.74) is 9.95. The Balaban J connectivity index is 0.00000336. The number of para-hydroxylation sites is 1. The van der Waals surface area contributed by atoms with E-state index in [1.807, 2.05) is 38.1 Å².